The van der Waals surface area contributed by atoms with Gasteiger partial charge in [-0.3, -0.25) is 29.0 Å². The molecule has 10 heteroatoms. The maximum atomic E-state index is 13.2. The average Bonchev–Trinajstić information content (AvgIpc) is 3.35. The van der Waals surface area contributed by atoms with E-state index in [1.165, 1.54) is 14.1 Å². The SMILES string of the molecule is CN1C(=O)C2CC=C3C(CC4(Cl)C(=O)N(C)C(=O)C4(Cl)C3c3ccc(CO)o3)C2C1=O. The summed E-state index contributed by atoms with van der Waals surface area (Å²) in [5, 5.41) is 9.45. The topological polar surface area (TPSA) is 108 Å². The quantitative estimate of drug-likeness (QED) is 0.400. The number of aliphatic hydroxyl groups excluding tert-OH is 1. The Morgan fingerprint density at radius 1 is 1.06 bits per heavy atom. The van der Waals surface area contributed by atoms with Crippen molar-refractivity contribution in [3.8, 4) is 0 Å². The van der Waals surface area contributed by atoms with Gasteiger partial charge in [-0.15, -0.1) is 23.2 Å². The average molecular weight is 467 g/mol. The van der Waals surface area contributed by atoms with E-state index in [1.807, 2.05) is 6.08 Å². The Balaban J connectivity index is 1.73. The van der Waals surface area contributed by atoms with Gasteiger partial charge in [-0.05, 0) is 30.9 Å². The number of aliphatic hydroxyl groups is 1. The molecule has 2 saturated heterocycles. The van der Waals surface area contributed by atoms with E-state index in [-0.39, 0.29) is 36.4 Å². The van der Waals surface area contributed by atoms with Gasteiger partial charge in [0, 0.05) is 14.1 Å². The summed E-state index contributed by atoms with van der Waals surface area (Å²) in [7, 11) is 2.78. The summed E-state index contributed by atoms with van der Waals surface area (Å²) in [4.78, 5) is 50.3. The predicted octanol–water partition coefficient (Wildman–Crippen LogP) is 1.39. The molecule has 5 rings (SSSR count). The number of hydrogen-bond donors (Lipinski definition) is 1. The summed E-state index contributed by atoms with van der Waals surface area (Å²) >= 11 is 13.9. The van der Waals surface area contributed by atoms with Crippen molar-refractivity contribution in [2.45, 2.75) is 35.1 Å². The van der Waals surface area contributed by atoms with Crippen LogP contribution in [0.3, 0.4) is 0 Å². The number of nitrogens with zero attached hydrogens (tertiary/aromatic N) is 2. The van der Waals surface area contributed by atoms with E-state index < -0.39 is 45.2 Å². The second kappa shape index (κ2) is 6.43. The molecular weight excluding hydrogens is 447 g/mol. The van der Waals surface area contributed by atoms with Crippen molar-refractivity contribution in [2.75, 3.05) is 14.1 Å². The normalized spacial score (nSPS) is 39.6. The fourth-order valence-corrected chi connectivity index (χ4v) is 6.85. The molecule has 3 fully saturated rings. The molecule has 0 radical (unpaired) electrons. The number of imide groups is 2. The number of amides is 4. The van der Waals surface area contributed by atoms with Gasteiger partial charge in [0.25, 0.3) is 11.8 Å². The zero-order valence-electron chi connectivity index (χ0n) is 16.8. The molecule has 31 heavy (non-hydrogen) atoms. The van der Waals surface area contributed by atoms with Crippen LogP contribution in [-0.2, 0) is 25.8 Å². The molecule has 8 nitrogen and oxygen atoms in total. The molecule has 4 aliphatic rings. The molecular formula is C21H20Cl2N2O6. The van der Waals surface area contributed by atoms with E-state index in [2.05, 4.69) is 0 Å². The third kappa shape index (κ3) is 2.30. The summed E-state index contributed by atoms with van der Waals surface area (Å²) in [6.07, 6.45) is 2.10. The molecule has 0 aromatic carbocycles. The summed E-state index contributed by atoms with van der Waals surface area (Å²) in [5.41, 5.74) is 0.666. The maximum absolute atomic E-state index is 13.2. The molecule has 0 spiro atoms. The highest BCUT2D eigenvalue weighted by Crippen LogP contribution is 2.65. The zero-order valence-corrected chi connectivity index (χ0v) is 18.3. The van der Waals surface area contributed by atoms with Crippen LogP contribution >= 0.6 is 23.2 Å². The lowest BCUT2D eigenvalue weighted by Gasteiger charge is -2.49. The second-order valence-corrected chi connectivity index (χ2v) is 9.94. The van der Waals surface area contributed by atoms with E-state index in [0.717, 1.165) is 9.80 Å². The highest BCUT2D eigenvalue weighted by molar-refractivity contribution is 6.53. The highest BCUT2D eigenvalue weighted by Gasteiger charge is 2.76. The van der Waals surface area contributed by atoms with E-state index in [9.17, 15) is 24.3 Å². The van der Waals surface area contributed by atoms with Crippen LogP contribution in [0, 0.1) is 17.8 Å². The predicted molar refractivity (Wildman–Crippen MR) is 108 cm³/mol. The molecule has 6 atom stereocenters. The zero-order chi connectivity index (χ0) is 22.5. The van der Waals surface area contributed by atoms with Crippen LogP contribution in [0.1, 0.15) is 30.3 Å². The minimum atomic E-state index is -1.86. The summed E-state index contributed by atoms with van der Waals surface area (Å²) in [6, 6.07) is 3.15. The summed E-state index contributed by atoms with van der Waals surface area (Å²) < 4.78 is 5.76. The molecule has 3 heterocycles. The highest BCUT2D eigenvalue weighted by atomic mass is 35.5. The lowest BCUT2D eigenvalue weighted by Crippen LogP contribution is -2.60. The van der Waals surface area contributed by atoms with E-state index in [4.69, 9.17) is 27.6 Å². The first-order valence-electron chi connectivity index (χ1n) is 9.99. The first kappa shape index (κ1) is 20.7. The maximum Gasteiger partial charge on any atom is 0.253 e. The number of allylic oxidation sites excluding steroid dienone is 2. The fourth-order valence-electron chi connectivity index (χ4n) is 5.85. The smallest absolute Gasteiger partial charge is 0.253 e. The molecule has 164 valence electrons. The van der Waals surface area contributed by atoms with Crippen LogP contribution in [0.25, 0.3) is 0 Å². The Morgan fingerprint density at radius 3 is 2.42 bits per heavy atom. The fraction of sp³-hybridized carbons (Fsp3) is 0.524. The molecule has 4 amide bonds. The van der Waals surface area contributed by atoms with Crippen LogP contribution in [0.5, 0.6) is 0 Å². The van der Waals surface area contributed by atoms with Crippen molar-refractivity contribution >= 4 is 46.8 Å². The molecule has 0 bridgehead atoms. The van der Waals surface area contributed by atoms with Gasteiger partial charge in [0.05, 0.1) is 17.8 Å². The molecule has 1 saturated carbocycles. The molecule has 2 aliphatic carbocycles. The number of halogens is 2. The minimum absolute atomic E-state index is 0.0447. The van der Waals surface area contributed by atoms with Gasteiger partial charge in [-0.25, -0.2) is 0 Å². The van der Waals surface area contributed by atoms with Gasteiger partial charge in [0.2, 0.25) is 11.8 Å². The van der Waals surface area contributed by atoms with E-state index in [1.54, 1.807) is 12.1 Å². The first-order chi connectivity index (χ1) is 14.6. The number of likely N-dealkylation sites (tertiary alicyclic amines) is 2. The monoisotopic (exact) mass is 466 g/mol. The summed E-state index contributed by atoms with van der Waals surface area (Å²) in [5.74, 6) is -4.03. The van der Waals surface area contributed by atoms with Gasteiger partial charge >= 0.3 is 0 Å². The van der Waals surface area contributed by atoms with Crippen molar-refractivity contribution in [1.29, 1.82) is 0 Å². The molecule has 6 unspecified atom stereocenters. The molecule has 1 aromatic rings. The lowest BCUT2D eigenvalue weighted by atomic mass is 9.57. The van der Waals surface area contributed by atoms with Gasteiger partial charge < -0.3 is 9.52 Å². The number of alkyl halides is 2. The van der Waals surface area contributed by atoms with Crippen LogP contribution in [0.4, 0.5) is 0 Å². The Morgan fingerprint density at radius 2 is 1.77 bits per heavy atom. The van der Waals surface area contributed by atoms with Gasteiger partial charge in [0.15, 0.2) is 9.75 Å². The second-order valence-electron chi connectivity index (χ2n) is 8.70. The molecule has 2 aliphatic heterocycles. The van der Waals surface area contributed by atoms with Crippen LogP contribution in [0.2, 0.25) is 0 Å². The van der Waals surface area contributed by atoms with Crippen LogP contribution in [-0.4, -0.2) is 62.4 Å². The Kier molecular flexibility index (Phi) is 4.30. The summed E-state index contributed by atoms with van der Waals surface area (Å²) in [6.45, 7) is -0.355. The van der Waals surface area contributed by atoms with Gasteiger partial charge in [0.1, 0.15) is 18.1 Å². The third-order valence-electron chi connectivity index (χ3n) is 7.36. The van der Waals surface area contributed by atoms with Gasteiger partial charge in [-0.2, -0.15) is 0 Å². The third-order valence-corrected chi connectivity index (χ3v) is 8.77. The van der Waals surface area contributed by atoms with Crippen molar-refractivity contribution < 1.29 is 28.7 Å². The minimum Gasteiger partial charge on any atom is -0.463 e. The van der Waals surface area contributed by atoms with Crippen molar-refractivity contribution in [2.24, 2.45) is 17.8 Å². The van der Waals surface area contributed by atoms with Crippen molar-refractivity contribution in [1.82, 2.24) is 9.80 Å². The van der Waals surface area contributed by atoms with Crippen molar-refractivity contribution in [3.63, 3.8) is 0 Å². The number of carbonyl (C=O) groups excluding carboxylic acids is 4. The molecule has 1 N–H and O–H groups in total. The van der Waals surface area contributed by atoms with Gasteiger partial charge in [-0.1, -0.05) is 11.6 Å². The standard InChI is InChI=1S/C21H20Cl2N2O6/c1-24-16(27)11-5-4-10-12(14(11)17(24)28)7-20(22)18(29)25(2)19(30)21(20,23)15(10)13-6-3-9(8-26)31-13/h3-4,6,11-12,14-15,26H,5,7-8H2,1-2H3. The van der Waals surface area contributed by atoms with Crippen molar-refractivity contribution in [3.05, 3.63) is 35.3 Å². The molecule has 1 aromatic heterocycles. The Labute approximate surface area is 187 Å². The van der Waals surface area contributed by atoms with E-state index >= 15 is 0 Å². The number of rotatable bonds is 2. The van der Waals surface area contributed by atoms with Crippen LogP contribution < -0.4 is 0 Å². The van der Waals surface area contributed by atoms with E-state index in [0.29, 0.717) is 12.0 Å². The number of carbonyl (C=O) groups is 4. The Bertz CT molecular complexity index is 1080. The Hall–Kier alpha value is -2.16. The largest absolute Gasteiger partial charge is 0.463 e. The lowest BCUT2D eigenvalue weighted by molar-refractivity contribution is -0.140. The number of hydrogen-bond acceptors (Lipinski definition) is 6. The number of fused-ring (bicyclic) bond motifs is 4. The number of furan rings is 1. The van der Waals surface area contributed by atoms with Crippen LogP contribution in [0.15, 0.2) is 28.2 Å². The first-order valence-corrected chi connectivity index (χ1v) is 10.7.